The van der Waals surface area contributed by atoms with Gasteiger partial charge >= 0.3 is 0 Å². The molecule has 2 rings (SSSR count). The quantitative estimate of drug-likeness (QED) is 0.876. The van der Waals surface area contributed by atoms with Crippen LogP contribution in [0.1, 0.15) is 29.7 Å². The van der Waals surface area contributed by atoms with Gasteiger partial charge in [-0.25, -0.2) is 13.1 Å². The van der Waals surface area contributed by atoms with Crippen LogP contribution in [0.3, 0.4) is 0 Å². The van der Waals surface area contributed by atoms with Crippen molar-refractivity contribution in [1.82, 2.24) is 4.72 Å². The van der Waals surface area contributed by atoms with Crippen LogP contribution in [0.15, 0.2) is 10.3 Å². The lowest BCUT2D eigenvalue weighted by Crippen LogP contribution is -2.47. The number of sulfonamides is 1. The van der Waals surface area contributed by atoms with Crippen LogP contribution >= 0.6 is 11.3 Å². The summed E-state index contributed by atoms with van der Waals surface area (Å²) in [6.45, 7) is 3.91. The SMILES string of the molecule is Cc1cc(S(=O)(=O)NCC2(O)CCC2)sc1C. The van der Waals surface area contributed by atoms with Gasteiger partial charge in [0, 0.05) is 11.4 Å². The molecule has 1 heterocycles. The summed E-state index contributed by atoms with van der Waals surface area (Å²) in [5.41, 5.74) is 0.159. The zero-order chi connectivity index (χ0) is 12.7. The summed E-state index contributed by atoms with van der Waals surface area (Å²) in [5.74, 6) is 0. The monoisotopic (exact) mass is 275 g/mol. The molecule has 4 nitrogen and oxygen atoms in total. The molecule has 0 aromatic carbocycles. The molecule has 1 aromatic rings. The number of hydrogen-bond acceptors (Lipinski definition) is 4. The van der Waals surface area contributed by atoms with Crippen molar-refractivity contribution in [2.75, 3.05) is 6.54 Å². The lowest BCUT2D eigenvalue weighted by Gasteiger charge is -2.36. The lowest BCUT2D eigenvalue weighted by atomic mass is 9.81. The van der Waals surface area contributed by atoms with Crippen LogP contribution in [0, 0.1) is 13.8 Å². The maximum atomic E-state index is 12.0. The van der Waals surface area contributed by atoms with Gasteiger partial charge in [-0.3, -0.25) is 0 Å². The van der Waals surface area contributed by atoms with Gasteiger partial charge in [-0.1, -0.05) is 0 Å². The van der Waals surface area contributed by atoms with E-state index >= 15 is 0 Å². The summed E-state index contributed by atoms with van der Waals surface area (Å²) >= 11 is 1.27. The Bertz CT molecular complexity index is 495. The standard InChI is InChI=1S/C11H17NO3S2/c1-8-6-10(16-9(8)2)17(14,15)12-7-11(13)4-3-5-11/h6,12-13H,3-5,7H2,1-2H3. The molecule has 0 aliphatic heterocycles. The van der Waals surface area contributed by atoms with Crippen LogP contribution in [0.5, 0.6) is 0 Å². The highest BCUT2D eigenvalue weighted by atomic mass is 32.2. The fourth-order valence-corrected chi connectivity index (χ4v) is 4.41. The van der Waals surface area contributed by atoms with Gasteiger partial charge < -0.3 is 5.11 Å². The first-order valence-electron chi connectivity index (χ1n) is 5.62. The van der Waals surface area contributed by atoms with Gasteiger partial charge in [-0.2, -0.15) is 0 Å². The summed E-state index contributed by atoms with van der Waals surface area (Å²) < 4.78 is 26.8. The molecule has 0 bridgehead atoms. The van der Waals surface area contributed by atoms with E-state index in [1.54, 1.807) is 6.07 Å². The van der Waals surface area contributed by atoms with Gasteiger partial charge in [0.05, 0.1) is 5.60 Å². The van der Waals surface area contributed by atoms with Crippen molar-refractivity contribution in [3.8, 4) is 0 Å². The number of nitrogens with one attached hydrogen (secondary N) is 1. The Morgan fingerprint density at radius 1 is 1.47 bits per heavy atom. The highest BCUT2D eigenvalue weighted by molar-refractivity contribution is 7.91. The maximum absolute atomic E-state index is 12.0. The third-order valence-corrected chi connectivity index (χ3v) is 6.31. The van der Waals surface area contributed by atoms with Crippen molar-refractivity contribution in [3.05, 3.63) is 16.5 Å². The Kier molecular flexibility index (Phi) is 3.33. The second-order valence-corrected chi connectivity index (χ2v) is 7.96. The molecule has 96 valence electrons. The van der Waals surface area contributed by atoms with Crippen LogP contribution in [0.25, 0.3) is 0 Å². The predicted molar refractivity (Wildman–Crippen MR) is 67.8 cm³/mol. The highest BCUT2D eigenvalue weighted by Crippen LogP contribution is 2.31. The highest BCUT2D eigenvalue weighted by Gasteiger charge is 2.35. The zero-order valence-electron chi connectivity index (χ0n) is 9.99. The van der Waals surface area contributed by atoms with Gasteiger partial charge in [0.25, 0.3) is 0 Å². The van der Waals surface area contributed by atoms with Crippen molar-refractivity contribution >= 4 is 21.4 Å². The molecule has 0 amide bonds. The molecule has 1 aliphatic carbocycles. The van der Waals surface area contributed by atoms with E-state index in [1.165, 1.54) is 11.3 Å². The number of aliphatic hydroxyl groups is 1. The van der Waals surface area contributed by atoms with Crippen LogP contribution in [-0.2, 0) is 10.0 Å². The summed E-state index contributed by atoms with van der Waals surface area (Å²) in [7, 11) is -3.46. The van der Waals surface area contributed by atoms with E-state index in [2.05, 4.69) is 4.72 Å². The molecule has 0 saturated heterocycles. The maximum Gasteiger partial charge on any atom is 0.250 e. The van der Waals surface area contributed by atoms with Gasteiger partial charge in [-0.15, -0.1) is 11.3 Å². The Morgan fingerprint density at radius 3 is 2.53 bits per heavy atom. The van der Waals surface area contributed by atoms with Crippen molar-refractivity contribution in [2.45, 2.75) is 42.9 Å². The van der Waals surface area contributed by atoms with E-state index < -0.39 is 15.6 Å². The number of aryl methyl sites for hydroxylation is 2. The summed E-state index contributed by atoms with van der Waals surface area (Å²) in [6, 6.07) is 1.67. The van der Waals surface area contributed by atoms with E-state index in [4.69, 9.17) is 0 Å². The minimum Gasteiger partial charge on any atom is -0.389 e. The number of hydrogen-bond donors (Lipinski definition) is 2. The first-order valence-corrected chi connectivity index (χ1v) is 7.91. The molecule has 0 unspecified atom stereocenters. The Balaban J connectivity index is 2.08. The van der Waals surface area contributed by atoms with E-state index in [-0.39, 0.29) is 6.54 Å². The van der Waals surface area contributed by atoms with Gasteiger partial charge in [0.15, 0.2) is 0 Å². The van der Waals surface area contributed by atoms with E-state index in [0.29, 0.717) is 17.1 Å². The fourth-order valence-electron chi connectivity index (χ4n) is 1.73. The van der Waals surface area contributed by atoms with Crippen LogP contribution in [-0.4, -0.2) is 25.7 Å². The molecule has 17 heavy (non-hydrogen) atoms. The molecule has 0 atom stereocenters. The van der Waals surface area contributed by atoms with Crippen LogP contribution in [0.2, 0.25) is 0 Å². The summed E-state index contributed by atoms with van der Waals surface area (Å²) in [4.78, 5) is 1.01. The zero-order valence-corrected chi connectivity index (χ0v) is 11.6. The molecule has 1 aliphatic rings. The molecule has 1 aromatic heterocycles. The first kappa shape index (κ1) is 13.0. The molecule has 6 heteroatoms. The van der Waals surface area contributed by atoms with Crippen molar-refractivity contribution in [2.24, 2.45) is 0 Å². The van der Waals surface area contributed by atoms with E-state index in [0.717, 1.165) is 16.9 Å². The average Bonchev–Trinajstić information content (AvgIpc) is 2.54. The minimum atomic E-state index is -3.46. The molecular weight excluding hydrogens is 258 g/mol. The van der Waals surface area contributed by atoms with E-state index in [9.17, 15) is 13.5 Å². The largest absolute Gasteiger partial charge is 0.389 e. The van der Waals surface area contributed by atoms with Crippen LogP contribution < -0.4 is 4.72 Å². The second-order valence-electron chi connectivity index (χ2n) is 4.71. The smallest absolute Gasteiger partial charge is 0.250 e. The summed E-state index contributed by atoms with van der Waals surface area (Å²) in [6.07, 6.45) is 2.32. The van der Waals surface area contributed by atoms with Gasteiger partial charge in [-0.05, 0) is 44.7 Å². The normalized spacial score (nSPS) is 19.0. The molecule has 0 radical (unpaired) electrons. The second kappa shape index (κ2) is 4.35. The molecule has 0 spiro atoms. The first-order chi connectivity index (χ1) is 7.82. The van der Waals surface area contributed by atoms with Crippen molar-refractivity contribution in [3.63, 3.8) is 0 Å². The molecule has 1 fully saturated rings. The number of thiophene rings is 1. The average molecular weight is 275 g/mol. The Morgan fingerprint density at radius 2 is 2.12 bits per heavy atom. The van der Waals surface area contributed by atoms with Crippen molar-refractivity contribution < 1.29 is 13.5 Å². The third kappa shape index (κ3) is 2.70. The molecule has 1 saturated carbocycles. The van der Waals surface area contributed by atoms with Crippen molar-refractivity contribution in [1.29, 1.82) is 0 Å². The Hall–Kier alpha value is -0.430. The van der Waals surface area contributed by atoms with Gasteiger partial charge in [0.2, 0.25) is 10.0 Å². The predicted octanol–water partition coefficient (Wildman–Crippen LogP) is 1.56. The fraction of sp³-hybridized carbons (Fsp3) is 0.636. The molecule has 2 N–H and O–H groups in total. The van der Waals surface area contributed by atoms with Crippen LogP contribution in [0.4, 0.5) is 0 Å². The topological polar surface area (TPSA) is 66.4 Å². The minimum absolute atomic E-state index is 0.116. The van der Waals surface area contributed by atoms with Gasteiger partial charge in [0.1, 0.15) is 4.21 Å². The number of rotatable bonds is 4. The third-order valence-electron chi connectivity index (χ3n) is 3.28. The lowest BCUT2D eigenvalue weighted by molar-refractivity contribution is -0.0270. The van der Waals surface area contributed by atoms with E-state index in [1.807, 2.05) is 13.8 Å². The molecular formula is C11H17NO3S2. The Labute approximate surface area is 106 Å². The summed E-state index contributed by atoms with van der Waals surface area (Å²) in [5, 5.41) is 9.86.